The summed E-state index contributed by atoms with van der Waals surface area (Å²) in [4.78, 5) is 17.4. The van der Waals surface area contributed by atoms with Gasteiger partial charge in [0.1, 0.15) is 5.84 Å². The van der Waals surface area contributed by atoms with Crippen molar-refractivity contribution in [1.29, 1.82) is 0 Å². The Labute approximate surface area is 145 Å². The van der Waals surface area contributed by atoms with Crippen LogP contribution >= 0.6 is 12.4 Å². The van der Waals surface area contributed by atoms with Gasteiger partial charge in [-0.15, -0.1) is 12.4 Å². The maximum Gasteiger partial charge on any atom is 0.269 e. The maximum absolute atomic E-state index is 10.8. The Bertz CT molecular complexity index is 547. The first kappa shape index (κ1) is 21.4. The molecule has 0 bridgehead atoms. The monoisotopic (exact) mass is 341 g/mol. The van der Waals surface area contributed by atoms with Crippen LogP contribution in [-0.2, 0) is 0 Å². The minimum atomic E-state index is -0.378. The van der Waals surface area contributed by atoms with Gasteiger partial charge in [-0.25, -0.2) is 4.99 Å². The Morgan fingerprint density at radius 2 is 1.74 bits per heavy atom. The van der Waals surface area contributed by atoms with Crippen LogP contribution in [0.15, 0.2) is 23.2 Å². The van der Waals surface area contributed by atoms with Crippen LogP contribution in [0.3, 0.4) is 0 Å². The molecule has 6 heteroatoms. The lowest BCUT2D eigenvalue weighted by atomic mass is 10.1. The van der Waals surface area contributed by atoms with E-state index in [9.17, 15) is 10.1 Å². The molecule has 0 amide bonds. The third-order valence-electron chi connectivity index (χ3n) is 3.30. The average Bonchev–Trinajstić information content (AvgIpc) is 2.38. The van der Waals surface area contributed by atoms with E-state index in [2.05, 4.69) is 37.6 Å². The number of hydrogen-bond acceptors (Lipinski definition) is 3. The van der Waals surface area contributed by atoms with Crippen molar-refractivity contribution in [3.05, 3.63) is 33.9 Å². The van der Waals surface area contributed by atoms with Gasteiger partial charge < -0.3 is 4.90 Å². The quantitative estimate of drug-likeness (QED) is 0.317. The van der Waals surface area contributed by atoms with Gasteiger partial charge in [0.25, 0.3) is 5.69 Å². The van der Waals surface area contributed by atoms with Gasteiger partial charge in [0.15, 0.2) is 0 Å². The molecule has 0 spiro atoms. The number of aryl methyl sites for hydroxylation is 1. The highest BCUT2D eigenvalue weighted by Gasteiger charge is 2.13. The summed E-state index contributed by atoms with van der Waals surface area (Å²) in [6.07, 6.45) is 0. The maximum atomic E-state index is 10.8. The first-order chi connectivity index (χ1) is 10.2. The summed E-state index contributed by atoms with van der Waals surface area (Å²) in [5.74, 6) is 2.07. The number of amidine groups is 1. The van der Waals surface area contributed by atoms with E-state index in [1.54, 1.807) is 12.1 Å². The number of aliphatic imine (C=N–C) groups is 1. The Balaban J connectivity index is 0.00000484. The minimum Gasteiger partial charge on any atom is -0.360 e. The second kappa shape index (κ2) is 9.50. The van der Waals surface area contributed by atoms with Crippen LogP contribution in [0, 0.1) is 28.9 Å². The minimum absolute atomic E-state index is 0. The fraction of sp³-hybridized carbons (Fsp3) is 0.588. The zero-order valence-corrected chi connectivity index (χ0v) is 15.7. The highest BCUT2D eigenvalue weighted by Crippen LogP contribution is 2.24. The third-order valence-corrected chi connectivity index (χ3v) is 3.30. The van der Waals surface area contributed by atoms with Crippen LogP contribution in [-0.4, -0.2) is 28.7 Å². The van der Waals surface area contributed by atoms with Crippen molar-refractivity contribution >= 4 is 29.6 Å². The Morgan fingerprint density at radius 3 is 2.13 bits per heavy atom. The SMILES string of the molecule is C/C(=N\c1ccc([N+](=O)[O-])cc1C)N(CC(C)C)CC(C)C.Cl. The summed E-state index contributed by atoms with van der Waals surface area (Å²) in [6, 6.07) is 4.80. The molecule has 0 N–H and O–H groups in total. The van der Waals surface area contributed by atoms with Crippen molar-refractivity contribution in [1.82, 2.24) is 4.90 Å². The third kappa shape index (κ3) is 6.99. The molecule has 130 valence electrons. The van der Waals surface area contributed by atoms with Crippen molar-refractivity contribution < 1.29 is 4.92 Å². The van der Waals surface area contributed by atoms with Gasteiger partial charge in [-0.1, -0.05) is 27.7 Å². The molecule has 0 aliphatic rings. The molecule has 1 aromatic rings. The van der Waals surface area contributed by atoms with E-state index >= 15 is 0 Å². The highest BCUT2D eigenvalue weighted by atomic mass is 35.5. The van der Waals surface area contributed by atoms with E-state index < -0.39 is 0 Å². The Morgan fingerprint density at radius 1 is 1.22 bits per heavy atom. The Kier molecular flexibility index (Phi) is 8.83. The lowest BCUT2D eigenvalue weighted by Gasteiger charge is -2.28. The van der Waals surface area contributed by atoms with Crippen LogP contribution in [0.4, 0.5) is 11.4 Å². The van der Waals surface area contributed by atoms with Crippen LogP contribution in [0.5, 0.6) is 0 Å². The molecule has 23 heavy (non-hydrogen) atoms. The van der Waals surface area contributed by atoms with Gasteiger partial charge in [-0.2, -0.15) is 0 Å². The fourth-order valence-corrected chi connectivity index (χ4v) is 2.34. The number of non-ortho nitro benzene ring substituents is 1. The molecule has 0 aliphatic heterocycles. The van der Waals surface area contributed by atoms with Crippen molar-refractivity contribution in [2.24, 2.45) is 16.8 Å². The van der Waals surface area contributed by atoms with Crippen LogP contribution < -0.4 is 0 Å². The van der Waals surface area contributed by atoms with Gasteiger partial charge in [0.2, 0.25) is 0 Å². The summed E-state index contributed by atoms with van der Waals surface area (Å²) in [5, 5.41) is 10.8. The molecule has 0 fully saturated rings. The molecular formula is C17H28ClN3O2. The summed E-state index contributed by atoms with van der Waals surface area (Å²) < 4.78 is 0. The summed E-state index contributed by atoms with van der Waals surface area (Å²) in [5.41, 5.74) is 1.72. The molecule has 0 aliphatic carbocycles. The smallest absolute Gasteiger partial charge is 0.269 e. The normalized spacial score (nSPS) is 11.6. The molecule has 0 unspecified atom stereocenters. The molecule has 0 saturated heterocycles. The van der Waals surface area contributed by atoms with E-state index in [1.165, 1.54) is 6.07 Å². The van der Waals surface area contributed by atoms with Crippen LogP contribution in [0.1, 0.15) is 40.2 Å². The summed E-state index contributed by atoms with van der Waals surface area (Å²) >= 11 is 0. The van der Waals surface area contributed by atoms with Crippen LogP contribution in [0.2, 0.25) is 0 Å². The summed E-state index contributed by atoms with van der Waals surface area (Å²) in [7, 11) is 0. The van der Waals surface area contributed by atoms with Crippen LogP contribution in [0.25, 0.3) is 0 Å². The second-order valence-corrected chi connectivity index (χ2v) is 6.58. The fourth-order valence-electron chi connectivity index (χ4n) is 2.34. The van der Waals surface area contributed by atoms with E-state index in [-0.39, 0.29) is 23.0 Å². The molecule has 0 heterocycles. The summed E-state index contributed by atoms with van der Waals surface area (Å²) in [6.45, 7) is 14.5. The van der Waals surface area contributed by atoms with Crippen molar-refractivity contribution in [3.63, 3.8) is 0 Å². The number of nitrogens with zero attached hydrogens (tertiary/aromatic N) is 3. The Hall–Kier alpha value is -1.62. The first-order valence-electron chi connectivity index (χ1n) is 7.76. The predicted molar refractivity (Wildman–Crippen MR) is 99.1 cm³/mol. The number of halogens is 1. The first-order valence-corrected chi connectivity index (χ1v) is 7.76. The zero-order valence-electron chi connectivity index (χ0n) is 14.9. The molecule has 0 aromatic heterocycles. The molecule has 0 atom stereocenters. The van der Waals surface area contributed by atoms with Gasteiger partial charge >= 0.3 is 0 Å². The number of benzene rings is 1. The van der Waals surface area contributed by atoms with E-state index in [4.69, 9.17) is 0 Å². The molecule has 1 aromatic carbocycles. The average molecular weight is 342 g/mol. The van der Waals surface area contributed by atoms with Crippen molar-refractivity contribution in [2.45, 2.75) is 41.5 Å². The number of hydrogen-bond donors (Lipinski definition) is 0. The second-order valence-electron chi connectivity index (χ2n) is 6.58. The van der Waals surface area contributed by atoms with E-state index in [0.29, 0.717) is 11.8 Å². The predicted octanol–water partition coefficient (Wildman–Crippen LogP) is 4.99. The molecule has 0 radical (unpaired) electrons. The lowest BCUT2D eigenvalue weighted by molar-refractivity contribution is -0.384. The molecule has 5 nitrogen and oxygen atoms in total. The molecule has 1 rings (SSSR count). The number of rotatable bonds is 6. The zero-order chi connectivity index (χ0) is 16.9. The van der Waals surface area contributed by atoms with Crippen molar-refractivity contribution in [2.75, 3.05) is 13.1 Å². The van der Waals surface area contributed by atoms with Gasteiger partial charge in [-0.3, -0.25) is 10.1 Å². The van der Waals surface area contributed by atoms with E-state index in [1.807, 2.05) is 13.8 Å². The highest BCUT2D eigenvalue weighted by molar-refractivity contribution is 5.85. The molecular weight excluding hydrogens is 314 g/mol. The van der Waals surface area contributed by atoms with Gasteiger partial charge in [0, 0.05) is 25.2 Å². The number of nitro benzene ring substituents is 1. The number of nitro groups is 1. The topological polar surface area (TPSA) is 58.7 Å². The van der Waals surface area contributed by atoms with Gasteiger partial charge in [-0.05, 0) is 37.3 Å². The molecule has 0 saturated carbocycles. The lowest BCUT2D eigenvalue weighted by Crippen LogP contribution is -2.35. The standard InChI is InChI=1S/C17H27N3O2.ClH/c1-12(2)10-19(11-13(3)4)15(6)18-17-8-7-16(20(21)22)9-14(17)5;/h7-9,12-13H,10-11H2,1-6H3;1H/b18-15+;. The van der Waals surface area contributed by atoms with Gasteiger partial charge in [0.05, 0.1) is 10.6 Å². The van der Waals surface area contributed by atoms with Crippen molar-refractivity contribution in [3.8, 4) is 0 Å². The van der Waals surface area contributed by atoms with E-state index in [0.717, 1.165) is 30.2 Å². The largest absolute Gasteiger partial charge is 0.360 e.